The summed E-state index contributed by atoms with van der Waals surface area (Å²) in [6.45, 7) is 6.38. The molecular formula is C24H27N7O3S. The van der Waals surface area contributed by atoms with Crippen molar-refractivity contribution in [1.82, 2.24) is 35.4 Å². The monoisotopic (exact) mass is 493 g/mol. The maximum atomic E-state index is 12.9. The number of aromatic amines is 1. The van der Waals surface area contributed by atoms with Crippen LogP contribution < -0.4 is 5.32 Å². The smallest absolute Gasteiger partial charge is 0.410 e. The summed E-state index contributed by atoms with van der Waals surface area (Å²) in [4.78, 5) is 39.2. The largest absolute Gasteiger partial charge is 0.444 e. The number of rotatable bonds is 8. The van der Waals surface area contributed by atoms with Gasteiger partial charge in [0, 0.05) is 24.5 Å². The molecule has 2 amide bonds. The second kappa shape index (κ2) is 10.6. The van der Waals surface area contributed by atoms with Gasteiger partial charge in [0.05, 0.1) is 34.8 Å². The highest BCUT2D eigenvalue weighted by atomic mass is 32.1. The zero-order chi connectivity index (χ0) is 24.8. The minimum Gasteiger partial charge on any atom is -0.444 e. The summed E-state index contributed by atoms with van der Waals surface area (Å²) in [7, 11) is 0. The van der Waals surface area contributed by atoms with Gasteiger partial charge in [-0.1, -0.05) is 12.1 Å². The first-order valence-electron chi connectivity index (χ1n) is 11.2. The lowest BCUT2D eigenvalue weighted by molar-refractivity contribution is 0.0231. The fourth-order valence-electron chi connectivity index (χ4n) is 3.27. The van der Waals surface area contributed by atoms with Crippen LogP contribution >= 0.6 is 11.3 Å². The van der Waals surface area contributed by atoms with E-state index in [-0.39, 0.29) is 19.0 Å². The van der Waals surface area contributed by atoms with E-state index in [0.29, 0.717) is 30.2 Å². The number of nitrogens with zero attached hydrogens (tertiary/aromatic N) is 5. The number of para-hydroxylation sites is 2. The first kappa shape index (κ1) is 24.3. The van der Waals surface area contributed by atoms with Crippen LogP contribution in [0.15, 0.2) is 48.0 Å². The van der Waals surface area contributed by atoms with Crippen molar-refractivity contribution >= 4 is 34.4 Å². The number of aromatic nitrogens is 5. The number of imidazole rings is 1. The molecule has 0 aliphatic carbocycles. The quantitative estimate of drug-likeness (QED) is 0.383. The Morgan fingerprint density at radius 1 is 1.14 bits per heavy atom. The van der Waals surface area contributed by atoms with Gasteiger partial charge < -0.3 is 19.9 Å². The van der Waals surface area contributed by atoms with Gasteiger partial charge in [-0.15, -0.1) is 11.3 Å². The Balaban J connectivity index is 1.40. The summed E-state index contributed by atoms with van der Waals surface area (Å²) < 4.78 is 5.61. The van der Waals surface area contributed by atoms with Crippen LogP contribution in [0.25, 0.3) is 11.0 Å². The summed E-state index contributed by atoms with van der Waals surface area (Å²) in [5.41, 5.74) is 2.11. The number of fused-ring (bicyclic) bond motifs is 1. The maximum absolute atomic E-state index is 12.9. The molecule has 11 heteroatoms. The molecule has 35 heavy (non-hydrogen) atoms. The van der Waals surface area contributed by atoms with E-state index in [2.05, 4.69) is 30.5 Å². The number of carbonyl (C=O) groups excluding carboxylic acids is 2. The van der Waals surface area contributed by atoms with Crippen molar-refractivity contribution in [3.8, 4) is 0 Å². The van der Waals surface area contributed by atoms with E-state index in [9.17, 15) is 9.59 Å². The van der Waals surface area contributed by atoms with Crippen LogP contribution in [0.3, 0.4) is 0 Å². The van der Waals surface area contributed by atoms with Crippen LogP contribution in [0.2, 0.25) is 0 Å². The molecule has 4 rings (SSSR count). The Hall–Kier alpha value is -3.86. The molecule has 0 aliphatic rings. The Morgan fingerprint density at radius 3 is 2.71 bits per heavy atom. The Bertz CT molecular complexity index is 1260. The van der Waals surface area contributed by atoms with E-state index in [4.69, 9.17) is 4.74 Å². The van der Waals surface area contributed by atoms with Gasteiger partial charge >= 0.3 is 6.09 Å². The molecule has 0 saturated carbocycles. The highest BCUT2D eigenvalue weighted by Gasteiger charge is 2.24. The van der Waals surface area contributed by atoms with Gasteiger partial charge in [0.1, 0.15) is 17.1 Å². The van der Waals surface area contributed by atoms with Crippen molar-refractivity contribution in [2.45, 2.75) is 45.9 Å². The minimum atomic E-state index is -0.626. The molecule has 0 radical (unpaired) electrons. The molecule has 0 aliphatic heterocycles. The van der Waals surface area contributed by atoms with Crippen molar-refractivity contribution in [2.24, 2.45) is 0 Å². The van der Waals surface area contributed by atoms with Crippen LogP contribution in [-0.2, 0) is 24.2 Å². The summed E-state index contributed by atoms with van der Waals surface area (Å²) in [6, 6.07) is 11.3. The number of nitrogens with one attached hydrogen (secondary N) is 2. The number of hydrogen-bond acceptors (Lipinski definition) is 8. The van der Waals surface area contributed by atoms with E-state index >= 15 is 0 Å². The molecule has 2 N–H and O–H groups in total. The average Bonchev–Trinajstić information content (AvgIpc) is 3.46. The van der Waals surface area contributed by atoms with E-state index in [1.165, 1.54) is 11.3 Å². The van der Waals surface area contributed by atoms with Gasteiger partial charge in [-0.05, 0) is 45.0 Å². The van der Waals surface area contributed by atoms with Crippen molar-refractivity contribution in [2.75, 3.05) is 6.54 Å². The Kier molecular flexibility index (Phi) is 7.35. The summed E-state index contributed by atoms with van der Waals surface area (Å²) in [5.74, 6) is 0.379. The number of ether oxygens (including phenoxy) is 1. The van der Waals surface area contributed by atoms with Crippen molar-refractivity contribution in [1.29, 1.82) is 0 Å². The standard InChI is InChI=1S/C24H27N7O3S/c1-24(2,3)34-23(33)31(14-20-27-17-8-4-5-9-18(17)28-20)12-10-21-29-19(15-35-21)22(32)25-13-16-7-6-11-26-30-16/h4-9,11,15H,10,12-14H2,1-3H3,(H,25,32)(H,27,28). The number of H-pyrrole nitrogens is 1. The summed E-state index contributed by atoms with van der Waals surface area (Å²) >= 11 is 1.37. The highest BCUT2D eigenvalue weighted by molar-refractivity contribution is 7.09. The van der Waals surface area contributed by atoms with E-state index < -0.39 is 11.7 Å². The highest BCUT2D eigenvalue weighted by Crippen LogP contribution is 2.17. The normalized spacial score (nSPS) is 11.4. The molecule has 0 bridgehead atoms. The third kappa shape index (κ3) is 6.82. The molecule has 0 unspecified atom stereocenters. The number of hydrogen-bond donors (Lipinski definition) is 2. The van der Waals surface area contributed by atoms with Gasteiger partial charge in [0.2, 0.25) is 0 Å². The zero-order valence-corrected chi connectivity index (χ0v) is 20.6. The summed E-state index contributed by atoms with van der Waals surface area (Å²) in [5, 5.41) is 13.0. The number of amides is 2. The molecule has 4 aromatic rings. The molecule has 3 aromatic heterocycles. The van der Waals surface area contributed by atoms with Gasteiger partial charge in [-0.2, -0.15) is 10.2 Å². The molecular weight excluding hydrogens is 466 g/mol. The van der Waals surface area contributed by atoms with Crippen LogP contribution in [0.5, 0.6) is 0 Å². The zero-order valence-electron chi connectivity index (χ0n) is 19.8. The minimum absolute atomic E-state index is 0.264. The Labute approximate surface area is 206 Å². The summed E-state index contributed by atoms with van der Waals surface area (Å²) in [6.07, 6.45) is 1.62. The predicted octanol–water partition coefficient (Wildman–Crippen LogP) is 3.72. The third-order valence-electron chi connectivity index (χ3n) is 4.87. The lowest BCUT2D eigenvalue weighted by Gasteiger charge is -2.26. The lowest BCUT2D eigenvalue weighted by atomic mass is 10.2. The molecule has 182 valence electrons. The fraction of sp³-hybridized carbons (Fsp3) is 0.333. The first-order valence-corrected chi connectivity index (χ1v) is 12.1. The molecule has 3 heterocycles. The topological polar surface area (TPSA) is 126 Å². The number of benzene rings is 1. The molecule has 0 atom stereocenters. The van der Waals surface area contributed by atoms with Crippen molar-refractivity contribution in [3.05, 3.63) is 70.2 Å². The number of carbonyl (C=O) groups is 2. The molecule has 0 fully saturated rings. The second-order valence-electron chi connectivity index (χ2n) is 8.88. The van der Waals surface area contributed by atoms with Crippen LogP contribution in [0, 0.1) is 0 Å². The first-order chi connectivity index (χ1) is 16.8. The second-order valence-corrected chi connectivity index (χ2v) is 9.82. The van der Waals surface area contributed by atoms with Crippen molar-refractivity contribution < 1.29 is 14.3 Å². The lowest BCUT2D eigenvalue weighted by Crippen LogP contribution is -2.38. The van der Waals surface area contributed by atoms with Crippen LogP contribution in [-0.4, -0.2) is 54.2 Å². The van der Waals surface area contributed by atoms with Crippen LogP contribution in [0.4, 0.5) is 4.79 Å². The van der Waals surface area contributed by atoms with Gasteiger partial charge in [-0.25, -0.2) is 14.8 Å². The van der Waals surface area contributed by atoms with Crippen molar-refractivity contribution in [3.63, 3.8) is 0 Å². The number of thiazole rings is 1. The predicted molar refractivity (Wildman–Crippen MR) is 132 cm³/mol. The van der Waals surface area contributed by atoms with Gasteiger partial charge in [0.25, 0.3) is 5.91 Å². The molecule has 0 spiro atoms. The molecule has 1 aromatic carbocycles. The molecule has 10 nitrogen and oxygen atoms in total. The van der Waals surface area contributed by atoms with Gasteiger partial charge in [-0.3, -0.25) is 4.79 Å². The Morgan fingerprint density at radius 2 is 1.97 bits per heavy atom. The van der Waals surface area contributed by atoms with Crippen LogP contribution in [0.1, 0.15) is 47.8 Å². The van der Waals surface area contributed by atoms with E-state index in [1.54, 1.807) is 28.6 Å². The van der Waals surface area contributed by atoms with Gasteiger partial charge in [0.15, 0.2) is 0 Å². The SMILES string of the molecule is CC(C)(C)OC(=O)N(CCc1nc(C(=O)NCc2cccnn2)cs1)Cc1nc2ccccc2[nH]1. The average molecular weight is 494 g/mol. The van der Waals surface area contributed by atoms with E-state index in [0.717, 1.165) is 16.0 Å². The van der Waals surface area contributed by atoms with E-state index in [1.807, 2.05) is 45.0 Å². The maximum Gasteiger partial charge on any atom is 0.410 e. The fourth-order valence-corrected chi connectivity index (χ4v) is 4.04. The third-order valence-corrected chi connectivity index (χ3v) is 5.78. The molecule has 0 saturated heterocycles.